The summed E-state index contributed by atoms with van der Waals surface area (Å²) in [6.07, 6.45) is 0. The first-order valence-corrected chi connectivity index (χ1v) is 4.52. The van der Waals surface area contributed by atoms with Crippen LogP contribution >= 0.6 is 0 Å². The van der Waals surface area contributed by atoms with Gasteiger partial charge in [-0.05, 0) is 19.1 Å². The monoisotopic (exact) mass is 206 g/mol. The summed E-state index contributed by atoms with van der Waals surface area (Å²) in [4.78, 5) is 10.6. The molecule has 0 fully saturated rings. The van der Waals surface area contributed by atoms with Crippen LogP contribution in [0.5, 0.6) is 0 Å². The molecule has 2 aromatic rings. The van der Waals surface area contributed by atoms with Crippen molar-refractivity contribution in [3.8, 4) is 0 Å². The van der Waals surface area contributed by atoms with Gasteiger partial charge in [0.05, 0.1) is 5.39 Å². The highest BCUT2D eigenvalue weighted by Gasteiger charge is 2.14. The summed E-state index contributed by atoms with van der Waals surface area (Å²) in [6.45, 7) is 1.55. The average Bonchev–Trinajstić information content (AvgIpc) is 2.62. The molecule has 1 aromatic carbocycles. The third kappa shape index (κ3) is 1.76. The van der Waals surface area contributed by atoms with E-state index in [9.17, 15) is 4.79 Å². The van der Waals surface area contributed by atoms with Crippen molar-refractivity contribution in [3.63, 3.8) is 0 Å². The van der Waals surface area contributed by atoms with E-state index in [4.69, 9.17) is 9.63 Å². The Morgan fingerprint density at radius 1 is 1.53 bits per heavy atom. The Morgan fingerprint density at radius 3 is 3.00 bits per heavy atom. The number of carboxylic acid groups (broad SMARTS) is 1. The molecule has 5 nitrogen and oxygen atoms in total. The molecule has 2 N–H and O–H groups in total. The Morgan fingerprint density at radius 2 is 2.27 bits per heavy atom. The van der Waals surface area contributed by atoms with Crippen molar-refractivity contribution in [3.05, 3.63) is 24.3 Å². The van der Waals surface area contributed by atoms with Gasteiger partial charge in [0.15, 0.2) is 11.4 Å². The zero-order valence-electron chi connectivity index (χ0n) is 8.10. The van der Waals surface area contributed by atoms with Crippen molar-refractivity contribution in [1.82, 2.24) is 5.16 Å². The second-order valence-corrected chi connectivity index (χ2v) is 3.23. The second-order valence-electron chi connectivity index (χ2n) is 3.23. The Balaban J connectivity index is 2.32. The normalized spacial score (nSPS) is 12.6. The first-order valence-electron chi connectivity index (χ1n) is 4.52. The van der Waals surface area contributed by atoms with Crippen LogP contribution in [-0.2, 0) is 4.79 Å². The lowest BCUT2D eigenvalue weighted by molar-refractivity contribution is -0.137. The van der Waals surface area contributed by atoms with Gasteiger partial charge in [-0.15, -0.1) is 0 Å². The molecule has 0 aliphatic heterocycles. The molecule has 0 spiro atoms. The van der Waals surface area contributed by atoms with E-state index in [0.29, 0.717) is 11.4 Å². The summed E-state index contributed by atoms with van der Waals surface area (Å²) in [5.74, 6) is -0.470. The van der Waals surface area contributed by atoms with Crippen molar-refractivity contribution >= 4 is 22.8 Å². The molecule has 0 saturated heterocycles. The van der Waals surface area contributed by atoms with Crippen LogP contribution < -0.4 is 5.32 Å². The molecule has 0 aliphatic rings. The van der Waals surface area contributed by atoms with Crippen LogP contribution in [0.4, 0.5) is 5.82 Å². The number of nitrogens with one attached hydrogen (secondary N) is 1. The number of aliphatic carboxylic acids is 1. The van der Waals surface area contributed by atoms with Crippen molar-refractivity contribution in [2.75, 3.05) is 5.32 Å². The fourth-order valence-corrected chi connectivity index (χ4v) is 1.26. The lowest BCUT2D eigenvalue weighted by atomic mass is 10.2. The third-order valence-corrected chi connectivity index (χ3v) is 2.10. The van der Waals surface area contributed by atoms with Crippen LogP contribution in [0, 0.1) is 0 Å². The van der Waals surface area contributed by atoms with Gasteiger partial charge < -0.3 is 14.9 Å². The first-order chi connectivity index (χ1) is 7.18. The molecule has 1 atom stereocenters. The maximum Gasteiger partial charge on any atom is 0.325 e. The van der Waals surface area contributed by atoms with Crippen LogP contribution in [-0.4, -0.2) is 22.3 Å². The van der Waals surface area contributed by atoms with Gasteiger partial charge in [-0.25, -0.2) is 0 Å². The second kappa shape index (κ2) is 3.61. The van der Waals surface area contributed by atoms with Crippen LogP contribution in [0.2, 0.25) is 0 Å². The number of hydrogen-bond acceptors (Lipinski definition) is 4. The highest BCUT2D eigenvalue weighted by Crippen LogP contribution is 2.22. The fourth-order valence-electron chi connectivity index (χ4n) is 1.26. The van der Waals surface area contributed by atoms with Gasteiger partial charge in [-0.3, -0.25) is 4.79 Å². The molecular formula is C10H10N2O3. The van der Waals surface area contributed by atoms with Gasteiger partial charge in [-0.2, -0.15) is 0 Å². The number of benzene rings is 1. The van der Waals surface area contributed by atoms with E-state index >= 15 is 0 Å². The predicted molar refractivity (Wildman–Crippen MR) is 54.7 cm³/mol. The minimum Gasteiger partial charge on any atom is -0.480 e. The van der Waals surface area contributed by atoms with Crippen LogP contribution in [0.3, 0.4) is 0 Å². The summed E-state index contributed by atoms with van der Waals surface area (Å²) < 4.78 is 5.02. The fraction of sp³-hybridized carbons (Fsp3) is 0.200. The molecule has 0 saturated carbocycles. The molecule has 0 aliphatic carbocycles. The molecular weight excluding hydrogens is 196 g/mol. The summed E-state index contributed by atoms with van der Waals surface area (Å²) >= 11 is 0. The molecule has 0 radical (unpaired) electrons. The smallest absolute Gasteiger partial charge is 0.325 e. The van der Waals surface area contributed by atoms with Crippen LogP contribution in [0.25, 0.3) is 11.0 Å². The standard InChI is InChI=1S/C10H10N2O3/c1-6(10(13)14)11-9-7-4-2-3-5-8(7)15-12-9/h2-6H,1H3,(H,11,12)(H,13,14). The van der Waals surface area contributed by atoms with E-state index in [0.717, 1.165) is 5.39 Å². The number of carboxylic acids is 1. The largest absolute Gasteiger partial charge is 0.480 e. The van der Waals surface area contributed by atoms with Gasteiger partial charge in [0.1, 0.15) is 6.04 Å². The molecule has 5 heteroatoms. The van der Waals surface area contributed by atoms with Gasteiger partial charge >= 0.3 is 5.97 Å². The SMILES string of the molecule is CC(Nc1noc2ccccc12)C(=O)O. The van der Waals surface area contributed by atoms with E-state index in [1.165, 1.54) is 0 Å². The molecule has 1 aromatic heterocycles. The van der Waals surface area contributed by atoms with Crippen molar-refractivity contribution < 1.29 is 14.4 Å². The number of hydrogen-bond donors (Lipinski definition) is 2. The summed E-state index contributed by atoms with van der Waals surface area (Å²) in [5.41, 5.74) is 0.637. The minimum absolute atomic E-state index is 0.459. The summed E-state index contributed by atoms with van der Waals surface area (Å²) in [5, 5.41) is 16.0. The zero-order chi connectivity index (χ0) is 10.8. The zero-order valence-corrected chi connectivity index (χ0v) is 8.10. The number of nitrogens with zero attached hydrogens (tertiary/aromatic N) is 1. The number of anilines is 1. The number of para-hydroxylation sites is 1. The average molecular weight is 206 g/mol. The molecule has 0 bridgehead atoms. The van der Waals surface area contributed by atoms with Crippen molar-refractivity contribution in [2.24, 2.45) is 0 Å². The lowest BCUT2D eigenvalue weighted by Gasteiger charge is -2.06. The lowest BCUT2D eigenvalue weighted by Crippen LogP contribution is -2.25. The quantitative estimate of drug-likeness (QED) is 0.799. The molecule has 1 heterocycles. The Labute approximate surface area is 85.7 Å². The summed E-state index contributed by atoms with van der Waals surface area (Å²) in [7, 11) is 0. The highest BCUT2D eigenvalue weighted by atomic mass is 16.5. The van der Waals surface area contributed by atoms with E-state index < -0.39 is 12.0 Å². The molecule has 15 heavy (non-hydrogen) atoms. The third-order valence-electron chi connectivity index (χ3n) is 2.10. The van der Waals surface area contributed by atoms with Crippen molar-refractivity contribution in [2.45, 2.75) is 13.0 Å². The minimum atomic E-state index is -0.929. The topological polar surface area (TPSA) is 75.4 Å². The van der Waals surface area contributed by atoms with E-state index in [1.807, 2.05) is 18.2 Å². The van der Waals surface area contributed by atoms with Gasteiger partial charge in [0.2, 0.25) is 0 Å². The van der Waals surface area contributed by atoms with Gasteiger partial charge in [-0.1, -0.05) is 17.3 Å². The number of rotatable bonds is 3. The predicted octanol–water partition coefficient (Wildman–Crippen LogP) is 1.71. The molecule has 0 amide bonds. The van der Waals surface area contributed by atoms with Gasteiger partial charge in [0, 0.05) is 0 Å². The van der Waals surface area contributed by atoms with E-state index in [2.05, 4.69) is 10.5 Å². The maximum absolute atomic E-state index is 10.6. The Hall–Kier alpha value is -2.04. The molecule has 1 unspecified atom stereocenters. The van der Waals surface area contributed by atoms with E-state index in [-0.39, 0.29) is 0 Å². The number of carbonyl (C=O) groups is 1. The number of fused-ring (bicyclic) bond motifs is 1. The molecule has 2 rings (SSSR count). The first kappa shape index (κ1) is 9.51. The van der Waals surface area contributed by atoms with E-state index in [1.54, 1.807) is 13.0 Å². The van der Waals surface area contributed by atoms with Crippen molar-refractivity contribution in [1.29, 1.82) is 0 Å². The van der Waals surface area contributed by atoms with Crippen LogP contribution in [0.1, 0.15) is 6.92 Å². The van der Waals surface area contributed by atoms with Crippen LogP contribution in [0.15, 0.2) is 28.8 Å². The maximum atomic E-state index is 10.6. The Kier molecular flexibility index (Phi) is 2.29. The highest BCUT2D eigenvalue weighted by molar-refractivity contribution is 5.89. The Bertz CT molecular complexity index is 492. The summed E-state index contributed by atoms with van der Waals surface area (Å²) in [6, 6.07) is 6.58. The molecule has 78 valence electrons. The number of aromatic nitrogens is 1. The van der Waals surface area contributed by atoms with Gasteiger partial charge in [0.25, 0.3) is 0 Å².